The van der Waals surface area contributed by atoms with Crippen molar-refractivity contribution in [1.29, 1.82) is 0 Å². The first-order chi connectivity index (χ1) is 10.1. The summed E-state index contributed by atoms with van der Waals surface area (Å²) in [6.07, 6.45) is 1.11. The molecule has 4 nitrogen and oxygen atoms in total. The lowest BCUT2D eigenvalue weighted by Crippen LogP contribution is -2.35. The Morgan fingerprint density at radius 3 is 2.29 bits per heavy atom. The zero-order chi connectivity index (χ0) is 15.7. The van der Waals surface area contributed by atoms with Gasteiger partial charge in [-0.3, -0.25) is 4.90 Å². The average molecular weight is 292 g/mol. The summed E-state index contributed by atoms with van der Waals surface area (Å²) in [5.41, 5.74) is 1.44. The Labute approximate surface area is 128 Å². The molecule has 0 heterocycles. The van der Waals surface area contributed by atoms with Gasteiger partial charge in [0, 0.05) is 19.6 Å². The van der Waals surface area contributed by atoms with Crippen LogP contribution in [0.25, 0.3) is 0 Å². The predicted octanol–water partition coefficient (Wildman–Crippen LogP) is 2.94. The second kappa shape index (κ2) is 9.53. The van der Waals surface area contributed by atoms with Gasteiger partial charge in [0.1, 0.15) is 0 Å². The Balaban J connectivity index is 2.64. The molecule has 0 spiro atoms. The molecule has 0 aliphatic rings. The smallest absolute Gasteiger partial charge is 0.335 e. The summed E-state index contributed by atoms with van der Waals surface area (Å²) in [7, 11) is 0. The molecule has 1 aromatic carbocycles. The van der Waals surface area contributed by atoms with E-state index in [1.165, 1.54) is 0 Å². The van der Waals surface area contributed by atoms with E-state index >= 15 is 0 Å². The molecule has 118 valence electrons. The van der Waals surface area contributed by atoms with Gasteiger partial charge in [-0.1, -0.05) is 32.9 Å². The van der Waals surface area contributed by atoms with E-state index in [0.29, 0.717) is 5.56 Å². The van der Waals surface area contributed by atoms with E-state index in [0.717, 1.165) is 51.3 Å². The van der Waals surface area contributed by atoms with E-state index in [-0.39, 0.29) is 0 Å². The summed E-state index contributed by atoms with van der Waals surface area (Å²) in [5, 5.41) is 9.07. The second-order valence-corrected chi connectivity index (χ2v) is 5.31. The second-order valence-electron chi connectivity index (χ2n) is 5.31. The number of carboxylic acids is 1. The molecule has 0 fully saturated rings. The number of hydrogen-bond acceptors (Lipinski definition) is 3. The van der Waals surface area contributed by atoms with Crippen molar-refractivity contribution in [2.24, 2.45) is 0 Å². The zero-order valence-electron chi connectivity index (χ0n) is 13.5. The van der Waals surface area contributed by atoms with Crippen LogP contribution in [0.3, 0.4) is 0 Å². The Hall–Kier alpha value is -1.39. The summed E-state index contributed by atoms with van der Waals surface area (Å²) in [6, 6.07) is 7.26. The molecule has 0 saturated carbocycles. The van der Waals surface area contributed by atoms with Gasteiger partial charge in [0.25, 0.3) is 0 Å². The molecule has 0 amide bonds. The van der Waals surface area contributed by atoms with Gasteiger partial charge in [0.05, 0.1) is 5.56 Å². The van der Waals surface area contributed by atoms with Gasteiger partial charge in [-0.05, 0) is 43.8 Å². The first kappa shape index (κ1) is 17.7. The van der Waals surface area contributed by atoms with E-state index in [4.69, 9.17) is 5.11 Å². The Kier molecular flexibility index (Phi) is 8.01. The fourth-order valence-corrected chi connectivity index (χ4v) is 2.47. The van der Waals surface area contributed by atoms with Gasteiger partial charge in [0.2, 0.25) is 0 Å². The standard InChI is InChI=1S/C17H28N2O2/c1-4-10-19(12-11-18(5-2)6-3)14-15-8-7-9-16(13-15)17(20)21/h7-9,13H,4-6,10-12,14H2,1-3H3,(H,20,21). The van der Waals surface area contributed by atoms with Crippen LogP contribution in [0.4, 0.5) is 0 Å². The van der Waals surface area contributed by atoms with Crippen molar-refractivity contribution in [3.8, 4) is 0 Å². The van der Waals surface area contributed by atoms with Crippen molar-refractivity contribution in [2.75, 3.05) is 32.7 Å². The highest BCUT2D eigenvalue weighted by molar-refractivity contribution is 5.87. The largest absolute Gasteiger partial charge is 0.478 e. The number of rotatable bonds is 10. The molecule has 0 atom stereocenters. The number of carboxylic acid groups (broad SMARTS) is 1. The molecular weight excluding hydrogens is 264 g/mol. The van der Waals surface area contributed by atoms with Crippen LogP contribution in [-0.2, 0) is 6.54 Å². The zero-order valence-corrected chi connectivity index (χ0v) is 13.5. The maximum atomic E-state index is 11.0. The quantitative estimate of drug-likeness (QED) is 0.720. The van der Waals surface area contributed by atoms with Crippen LogP contribution in [0.1, 0.15) is 43.1 Å². The number of carbonyl (C=O) groups is 1. The molecule has 1 rings (SSSR count). The third-order valence-electron chi connectivity index (χ3n) is 3.75. The fraction of sp³-hybridized carbons (Fsp3) is 0.588. The van der Waals surface area contributed by atoms with Crippen molar-refractivity contribution in [3.05, 3.63) is 35.4 Å². The maximum absolute atomic E-state index is 11.0. The highest BCUT2D eigenvalue weighted by Crippen LogP contribution is 2.09. The third-order valence-corrected chi connectivity index (χ3v) is 3.75. The lowest BCUT2D eigenvalue weighted by molar-refractivity contribution is 0.0696. The number of aromatic carboxylic acids is 1. The van der Waals surface area contributed by atoms with Gasteiger partial charge >= 0.3 is 5.97 Å². The van der Waals surface area contributed by atoms with Crippen LogP contribution in [0, 0.1) is 0 Å². The first-order valence-electron chi connectivity index (χ1n) is 7.87. The molecule has 0 aliphatic carbocycles. The monoisotopic (exact) mass is 292 g/mol. The summed E-state index contributed by atoms with van der Waals surface area (Å²) >= 11 is 0. The van der Waals surface area contributed by atoms with Crippen molar-refractivity contribution in [3.63, 3.8) is 0 Å². The SMILES string of the molecule is CCCN(CCN(CC)CC)Cc1cccc(C(=O)O)c1. The molecule has 1 aromatic rings. The molecule has 1 N–H and O–H groups in total. The fourth-order valence-electron chi connectivity index (χ4n) is 2.47. The Morgan fingerprint density at radius 2 is 1.71 bits per heavy atom. The van der Waals surface area contributed by atoms with E-state index in [9.17, 15) is 4.79 Å². The topological polar surface area (TPSA) is 43.8 Å². The van der Waals surface area contributed by atoms with E-state index in [1.807, 2.05) is 12.1 Å². The van der Waals surface area contributed by atoms with Gasteiger partial charge in [-0.15, -0.1) is 0 Å². The van der Waals surface area contributed by atoms with Gasteiger partial charge in [0.15, 0.2) is 0 Å². The third kappa shape index (κ3) is 6.27. The molecule has 21 heavy (non-hydrogen) atoms. The van der Waals surface area contributed by atoms with Crippen molar-refractivity contribution in [2.45, 2.75) is 33.7 Å². The molecule has 0 unspecified atom stereocenters. The molecule has 0 aliphatic heterocycles. The molecule has 0 saturated heterocycles. The Bertz CT molecular complexity index is 431. The number of nitrogens with zero attached hydrogens (tertiary/aromatic N) is 2. The van der Waals surface area contributed by atoms with Crippen LogP contribution in [-0.4, -0.2) is 53.6 Å². The van der Waals surface area contributed by atoms with Crippen LogP contribution < -0.4 is 0 Å². The number of benzene rings is 1. The molecular formula is C17H28N2O2. The van der Waals surface area contributed by atoms with E-state index in [2.05, 4.69) is 30.6 Å². The summed E-state index contributed by atoms with van der Waals surface area (Å²) in [6.45, 7) is 12.6. The van der Waals surface area contributed by atoms with Crippen LogP contribution >= 0.6 is 0 Å². The summed E-state index contributed by atoms with van der Waals surface area (Å²) < 4.78 is 0. The normalized spacial score (nSPS) is 11.3. The van der Waals surface area contributed by atoms with Crippen molar-refractivity contribution in [1.82, 2.24) is 9.80 Å². The van der Waals surface area contributed by atoms with Crippen LogP contribution in [0.5, 0.6) is 0 Å². The minimum absolute atomic E-state index is 0.368. The minimum atomic E-state index is -0.859. The summed E-state index contributed by atoms with van der Waals surface area (Å²) in [4.78, 5) is 15.9. The minimum Gasteiger partial charge on any atom is -0.478 e. The molecule has 0 bridgehead atoms. The van der Waals surface area contributed by atoms with E-state index < -0.39 is 5.97 Å². The number of likely N-dealkylation sites (N-methyl/N-ethyl adjacent to an activating group) is 1. The van der Waals surface area contributed by atoms with Gasteiger partial charge in [-0.25, -0.2) is 4.79 Å². The van der Waals surface area contributed by atoms with Crippen molar-refractivity contribution < 1.29 is 9.90 Å². The molecule has 0 radical (unpaired) electrons. The van der Waals surface area contributed by atoms with Gasteiger partial charge < -0.3 is 10.0 Å². The highest BCUT2D eigenvalue weighted by atomic mass is 16.4. The molecule has 0 aromatic heterocycles. The molecule has 4 heteroatoms. The summed E-state index contributed by atoms with van der Waals surface area (Å²) in [5.74, 6) is -0.859. The lowest BCUT2D eigenvalue weighted by atomic mass is 10.1. The van der Waals surface area contributed by atoms with Crippen LogP contribution in [0.2, 0.25) is 0 Å². The van der Waals surface area contributed by atoms with E-state index in [1.54, 1.807) is 12.1 Å². The maximum Gasteiger partial charge on any atom is 0.335 e. The van der Waals surface area contributed by atoms with Gasteiger partial charge in [-0.2, -0.15) is 0 Å². The highest BCUT2D eigenvalue weighted by Gasteiger charge is 2.09. The first-order valence-corrected chi connectivity index (χ1v) is 7.87. The lowest BCUT2D eigenvalue weighted by Gasteiger charge is -2.26. The predicted molar refractivity (Wildman–Crippen MR) is 86.8 cm³/mol. The number of hydrogen-bond donors (Lipinski definition) is 1. The van der Waals surface area contributed by atoms with Crippen molar-refractivity contribution >= 4 is 5.97 Å². The van der Waals surface area contributed by atoms with Crippen LogP contribution in [0.15, 0.2) is 24.3 Å². The Morgan fingerprint density at radius 1 is 1.05 bits per heavy atom. The average Bonchev–Trinajstić information content (AvgIpc) is 2.48.